The number of fused-ring (bicyclic) bond motifs is 1. The fourth-order valence-corrected chi connectivity index (χ4v) is 3.72. The third kappa shape index (κ3) is 3.22. The largest absolute Gasteiger partial charge is 0.465 e. The summed E-state index contributed by atoms with van der Waals surface area (Å²) in [5.74, 6) is -1.88. The first-order valence-electron chi connectivity index (χ1n) is 9.27. The van der Waals surface area contributed by atoms with Crippen LogP contribution in [-0.2, 0) is 19.1 Å². The van der Waals surface area contributed by atoms with Crippen molar-refractivity contribution in [3.05, 3.63) is 35.4 Å². The second-order valence-corrected chi connectivity index (χ2v) is 6.76. The smallest absolute Gasteiger partial charge is 0.323 e. The van der Waals surface area contributed by atoms with Gasteiger partial charge >= 0.3 is 11.9 Å². The van der Waals surface area contributed by atoms with Crippen LogP contribution in [0.4, 0.5) is 0 Å². The van der Waals surface area contributed by atoms with Gasteiger partial charge in [-0.25, -0.2) is 0 Å². The van der Waals surface area contributed by atoms with E-state index in [1.165, 1.54) is 4.90 Å². The van der Waals surface area contributed by atoms with Gasteiger partial charge in [-0.15, -0.1) is 0 Å². The Morgan fingerprint density at radius 1 is 1.04 bits per heavy atom. The number of esters is 2. The highest BCUT2D eigenvalue weighted by atomic mass is 16.6. The van der Waals surface area contributed by atoms with Crippen molar-refractivity contribution in [3.8, 4) is 0 Å². The number of carbonyl (C=O) groups is 4. The van der Waals surface area contributed by atoms with Crippen molar-refractivity contribution < 1.29 is 28.7 Å². The summed E-state index contributed by atoms with van der Waals surface area (Å²) < 4.78 is 10.1. The van der Waals surface area contributed by atoms with Gasteiger partial charge in [0.25, 0.3) is 11.8 Å². The maximum atomic E-state index is 12.4. The molecule has 1 aromatic carbocycles. The van der Waals surface area contributed by atoms with Gasteiger partial charge in [0.2, 0.25) is 0 Å². The summed E-state index contributed by atoms with van der Waals surface area (Å²) in [6, 6.07) is 6.74. The van der Waals surface area contributed by atoms with Gasteiger partial charge in [0, 0.05) is 6.54 Å². The highest BCUT2D eigenvalue weighted by molar-refractivity contribution is 6.21. The number of amides is 2. The summed E-state index contributed by atoms with van der Waals surface area (Å²) in [6.07, 6.45) is 1.43. The lowest BCUT2D eigenvalue weighted by Gasteiger charge is -2.16. The Labute approximate surface area is 157 Å². The molecular weight excluding hydrogens is 350 g/mol. The molecule has 1 atom stereocenters. The Kier molecular flexibility index (Phi) is 5.30. The number of rotatable bonds is 8. The van der Waals surface area contributed by atoms with E-state index in [9.17, 15) is 19.2 Å². The Morgan fingerprint density at radius 2 is 1.56 bits per heavy atom. The number of hydrogen-bond acceptors (Lipinski definition) is 6. The molecule has 1 aromatic rings. The number of carbonyl (C=O) groups excluding carboxylic acids is 4. The predicted octanol–water partition coefficient (Wildman–Crippen LogP) is 2.20. The third-order valence-corrected chi connectivity index (χ3v) is 5.20. The van der Waals surface area contributed by atoms with Gasteiger partial charge in [-0.2, -0.15) is 0 Å². The van der Waals surface area contributed by atoms with Crippen LogP contribution in [0.2, 0.25) is 0 Å². The molecule has 144 valence electrons. The van der Waals surface area contributed by atoms with Crippen molar-refractivity contribution in [1.82, 2.24) is 4.90 Å². The number of benzene rings is 1. The molecule has 27 heavy (non-hydrogen) atoms. The van der Waals surface area contributed by atoms with E-state index in [1.807, 2.05) is 0 Å². The van der Waals surface area contributed by atoms with Gasteiger partial charge in [-0.1, -0.05) is 12.1 Å². The highest BCUT2D eigenvalue weighted by Gasteiger charge is 2.67. The normalized spacial score (nSPS) is 19.6. The van der Waals surface area contributed by atoms with Gasteiger partial charge in [-0.05, 0) is 51.2 Å². The first kappa shape index (κ1) is 19.1. The zero-order valence-electron chi connectivity index (χ0n) is 15.5. The van der Waals surface area contributed by atoms with Crippen molar-refractivity contribution in [1.29, 1.82) is 0 Å². The minimum atomic E-state index is -1.23. The molecule has 0 bridgehead atoms. The van der Waals surface area contributed by atoms with Crippen LogP contribution < -0.4 is 0 Å². The Bertz CT molecular complexity index is 733. The van der Waals surface area contributed by atoms with Crippen molar-refractivity contribution in [2.24, 2.45) is 11.3 Å². The summed E-state index contributed by atoms with van der Waals surface area (Å²) in [6.45, 7) is 4.03. The number of hydrogen-bond donors (Lipinski definition) is 0. The van der Waals surface area contributed by atoms with Crippen molar-refractivity contribution >= 4 is 23.8 Å². The van der Waals surface area contributed by atoms with Gasteiger partial charge in [0.05, 0.1) is 24.3 Å². The Morgan fingerprint density at radius 3 is 2.04 bits per heavy atom. The van der Waals surface area contributed by atoms with Gasteiger partial charge in [-0.3, -0.25) is 24.1 Å². The molecule has 1 aliphatic heterocycles. The lowest BCUT2D eigenvalue weighted by Crippen LogP contribution is -2.33. The van der Waals surface area contributed by atoms with E-state index in [4.69, 9.17) is 9.47 Å². The lowest BCUT2D eigenvalue weighted by molar-refractivity contribution is -0.165. The predicted molar refractivity (Wildman–Crippen MR) is 94.8 cm³/mol. The molecule has 0 N–H and O–H groups in total. The van der Waals surface area contributed by atoms with Crippen LogP contribution in [-0.4, -0.2) is 48.4 Å². The van der Waals surface area contributed by atoms with Crippen molar-refractivity contribution in [2.75, 3.05) is 19.8 Å². The van der Waals surface area contributed by atoms with E-state index in [1.54, 1.807) is 38.1 Å². The number of imide groups is 1. The summed E-state index contributed by atoms with van der Waals surface area (Å²) >= 11 is 0. The topological polar surface area (TPSA) is 90.0 Å². The molecule has 0 spiro atoms. The average molecular weight is 373 g/mol. The minimum absolute atomic E-state index is 0.189. The van der Waals surface area contributed by atoms with Gasteiger partial charge < -0.3 is 9.47 Å². The Hall–Kier alpha value is -2.70. The van der Waals surface area contributed by atoms with Crippen molar-refractivity contribution in [3.63, 3.8) is 0 Å². The first-order chi connectivity index (χ1) is 13.0. The van der Waals surface area contributed by atoms with Crippen LogP contribution in [0.25, 0.3) is 0 Å². The van der Waals surface area contributed by atoms with Crippen LogP contribution >= 0.6 is 0 Å². The maximum Gasteiger partial charge on any atom is 0.323 e. The quantitative estimate of drug-likeness (QED) is 0.394. The molecule has 2 amide bonds. The monoisotopic (exact) mass is 373 g/mol. The molecule has 7 nitrogen and oxygen atoms in total. The molecule has 2 aliphatic rings. The van der Waals surface area contributed by atoms with E-state index in [-0.39, 0.29) is 37.5 Å². The van der Waals surface area contributed by atoms with Crippen LogP contribution in [0, 0.1) is 11.3 Å². The summed E-state index contributed by atoms with van der Waals surface area (Å²) in [5.41, 5.74) is -0.392. The lowest BCUT2D eigenvalue weighted by atomic mass is 10.0. The molecule has 1 heterocycles. The second kappa shape index (κ2) is 7.50. The van der Waals surface area contributed by atoms with Crippen LogP contribution in [0.3, 0.4) is 0 Å². The molecule has 1 aliphatic carbocycles. The molecule has 1 unspecified atom stereocenters. The molecule has 7 heteroatoms. The molecule has 1 saturated carbocycles. The second-order valence-electron chi connectivity index (χ2n) is 6.76. The number of ether oxygens (including phenoxy) is 2. The van der Waals surface area contributed by atoms with Crippen LogP contribution in [0.15, 0.2) is 24.3 Å². The standard InChI is InChI=1S/C20H23NO6/c1-3-26-18(24)20(19(25)27-4-2)12-13(20)8-7-11-21-16(22)14-9-5-6-10-15(14)17(21)23/h5-6,9-10,13H,3-4,7-8,11-12H2,1-2H3. The average Bonchev–Trinajstić information content (AvgIpc) is 3.35. The first-order valence-corrected chi connectivity index (χ1v) is 9.27. The Balaban J connectivity index is 1.60. The van der Waals surface area contributed by atoms with E-state index in [2.05, 4.69) is 0 Å². The SMILES string of the molecule is CCOC(=O)C1(C(=O)OCC)CC1CCCN1C(=O)c2ccccc2C1=O. The molecule has 0 saturated heterocycles. The van der Waals surface area contributed by atoms with Gasteiger partial charge in [0.15, 0.2) is 5.41 Å². The van der Waals surface area contributed by atoms with E-state index in [0.29, 0.717) is 30.4 Å². The molecule has 3 rings (SSSR count). The minimum Gasteiger partial charge on any atom is -0.465 e. The molecule has 0 radical (unpaired) electrons. The third-order valence-electron chi connectivity index (χ3n) is 5.20. The van der Waals surface area contributed by atoms with E-state index in [0.717, 1.165) is 0 Å². The number of nitrogens with zero attached hydrogens (tertiary/aromatic N) is 1. The van der Waals surface area contributed by atoms with Crippen LogP contribution in [0.5, 0.6) is 0 Å². The molecule has 0 aromatic heterocycles. The van der Waals surface area contributed by atoms with Crippen LogP contribution in [0.1, 0.15) is 53.8 Å². The van der Waals surface area contributed by atoms with Crippen molar-refractivity contribution in [2.45, 2.75) is 33.1 Å². The fourth-order valence-electron chi connectivity index (χ4n) is 3.72. The van der Waals surface area contributed by atoms with E-state index >= 15 is 0 Å². The summed E-state index contributed by atoms with van der Waals surface area (Å²) in [5, 5.41) is 0. The van der Waals surface area contributed by atoms with E-state index < -0.39 is 17.4 Å². The molecule has 1 fully saturated rings. The maximum absolute atomic E-state index is 12.4. The fraction of sp³-hybridized carbons (Fsp3) is 0.500. The zero-order valence-corrected chi connectivity index (χ0v) is 15.5. The highest BCUT2D eigenvalue weighted by Crippen LogP contribution is 2.56. The molecular formula is C20H23NO6. The summed E-state index contributed by atoms with van der Waals surface area (Å²) in [4.78, 5) is 50.5. The van der Waals surface area contributed by atoms with Gasteiger partial charge in [0.1, 0.15) is 0 Å². The zero-order chi connectivity index (χ0) is 19.6. The summed E-state index contributed by atoms with van der Waals surface area (Å²) in [7, 11) is 0.